The topological polar surface area (TPSA) is 30.5 Å². The van der Waals surface area contributed by atoms with Crippen LogP contribution in [0.1, 0.15) is 24.8 Å². The molecule has 0 aromatic heterocycles. The largest absolute Gasteiger partial charge is 0.493 e. The number of hydrogen-bond donors (Lipinski definition) is 1. The zero-order chi connectivity index (χ0) is 13.0. The molecule has 1 saturated carbocycles. The minimum atomic E-state index is 0.750. The lowest BCUT2D eigenvalue weighted by molar-refractivity contribution is 0.301. The van der Waals surface area contributed by atoms with Crippen molar-refractivity contribution in [3.05, 3.63) is 22.2 Å². The molecule has 0 spiro atoms. The maximum absolute atomic E-state index is 5.33. The van der Waals surface area contributed by atoms with Gasteiger partial charge in [0.25, 0.3) is 0 Å². The summed E-state index contributed by atoms with van der Waals surface area (Å²) < 4.78 is 11.6. The van der Waals surface area contributed by atoms with E-state index in [2.05, 4.69) is 27.3 Å². The van der Waals surface area contributed by atoms with Gasteiger partial charge in [0.15, 0.2) is 11.5 Å². The van der Waals surface area contributed by atoms with Gasteiger partial charge in [-0.05, 0) is 58.9 Å². The van der Waals surface area contributed by atoms with Crippen LogP contribution in [0.5, 0.6) is 11.5 Å². The van der Waals surface area contributed by atoms with E-state index in [1.807, 2.05) is 6.07 Å². The van der Waals surface area contributed by atoms with Crippen molar-refractivity contribution in [1.29, 1.82) is 0 Å². The smallest absolute Gasteiger partial charge is 0.174 e. The lowest BCUT2D eigenvalue weighted by Crippen LogP contribution is -2.26. The molecule has 0 atom stereocenters. The first-order valence-electron chi connectivity index (χ1n) is 6.35. The fraction of sp³-hybridized carbons (Fsp3) is 0.571. The van der Waals surface area contributed by atoms with Crippen molar-refractivity contribution in [3.63, 3.8) is 0 Å². The molecule has 1 fully saturated rings. The van der Waals surface area contributed by atoms with Crippen molar-refractivity contribution in [2.45, 2.75) is 25.8 Å². The van der Waals surface area contributed by atoms with Crippen molar-refractivity contribution in [1.82, 2.24) is 5.32 Å². The molecule has 1 aromatic carbocycles. The first-order valence-corrected chi connectivity index (χ1v) is 7.15. The lowest BCUT2D eigenvalue weighted by Gasteiger charge is -2.25. The third-order valence-electron chi connectivity index (χ3n) is 3.48. The van der Waals surface area contributed by atoms with E-state index in [1.165, 1.54) is 24.8 Å². The number of methoxy groups -OCH3 is 2. The Balaban J connectivity index is 1.96. The third kappa shape index (κ3) is 3.18. The second-order valence-corrected chi connectivity index (χ2v) is 5.60. The van der Waals surface area contributed by atoms with Crippen LogP contribution in [0.2, 0.25) is 0 Å². The molecule has 18 heavy (non-hydrogen) atoms. The lowest BCUT2D eigenvalue weighted by atomic mass is 9.85. The van der Waals surface area contributed by atoms with E-state index in [1.54, 1.807) is 14.2 Å². The number of rotatable bonds is 6. The summed E-state index contributed by atoms with van der Waals surface area (Å²) in [6.07, 6.45) is 4.15. The van der Waals surface area contributed by atoms with Gasteiger partial charge in [-0.15, -0.1) is 0 Å². The zero-order valence-electron chi connectivity index (χ0n) is 11.0. The average molecular weight is 314 g/mol. The van der Waals surface area contributed by atoms with Gasteiger partial charge in [0.05, 0.1) is 18.7 Å². The van der Waals surface area contributed by atoms with Crippen molar-refractivity contribution < 1.29 is 9.47 Å². The molecule has 4 heteroatoms. The van der Waals surface area contributed by atoms with Gasteiger partial charge in [-0.2, -0.15) is 0 Å². The SMILES string of the molecule is COc1cc(CNCC2CCC2)cc(Br)c1OC. The summed E-state index contributed by atoms with van der Waals surface area (Å²) in [6.45, 7) is 1.99. The van der Waals surface area contributed by atoms with E-state index in [4.69, 9.17) is 9.47 Å². The van der Waals surface area contributed by atoms with Gasteiger partial charge in [-0.1, -0.05) is 6.42 Å². The Bertz CT molecular complexity index is 405. The van der Waals surface area contributed by atoms with Gasteiger partial charge in [0.2, 0.25) is 0 Å². The molecule has 0 unspecified atom stereocenters. The minimum absolute atomic E-state index is 0.750. The summed E-state index contributed by atoms with van der Waals surface area (Å²) in [5.74, 6) is 2.40. The summed E-state index contributed by atoms with van der Waals surface area (Å²) in [5, 5.41) is 3.50. The molecule has 1 N–H and O–H groups in total. The minimum Gasteiger partial charge on any atom is -0.493 e. The Hall–Kier alpha value is -0.740. The van der Waals surface area contributed by atoms with Gasteiger partial charge >= 0.3 is 0 Å². The summed E-state index contributed by atoms with van der Waals surface area (Å²) >= 11 is 3.51. The van der Waals surface area contributed by atoms with Crippen LogP contribution in [-0.2, 0) is 6.54 Å². The van der Waals surface area contributed by atoms with E-state index in [-0.39, 0.29) is 0 Å². The summed E-state index contributed by atoms with van der Waals surface area (Å²) in [5.41, 5.74) is 1.21. The molecule has 0 radical (unpaired) electrons. The second-order valence-electron chi connectivity index (χ2n) is 4.74. The highest BCUT2D eigenvalue weighted by atomic mass is 79.9. The predicted molar refractivity (Wildman–Crippen MR) is 76.3 cm³/mol. The Kier molecular flexibility index (Phi) is 4.89. The Morgan fingerprint density at radius 2 is 2.06 bits per heavy atom. The molecule has 0 saturated heterocycles. The van der Waals surface area contributed by atoms with Crippen LogP contribution in [0.15, 0.2) is 16.6 Å². The van der Waals surface area contributed by atoms with Crippen LogP contribution in [-0.4, -0.2) is 20.8 Å². The van der Waals surface area contributed by atoms with E-state index in [0.29, 0.717) is 0 Å². The Morgan fingerprint density at radius 3 is 2.61 bits per heavy atom. The first kappa shape index (κ1) is 13.7. The third-order valence-corrected chi connectivity index (χ3v) is 4.07. The highest BCUT2D eigenvalue weighted by Gasteiger charge is 2.16. The number of nitrogens with one attached hydrogen (secondary N) is 1. The molecule has 1 aromatic rings. The van der Waals surface area contributed by atoms with E-state index in [0.717, 1.165) is 35.0 Å². The molecule has 0 amide bonds. The Labute approximate surface area is 117 Å². The van der Waals surface area contributed by atoms with E-state index >= 15 is 0 Å². The molecule has 3 nitrogen and oxygen atoms in total. The fourth-order valence-corrected chi connectivity index (χ4v) is 2.84. The van der Waals surface area contributed by atoms with Gasteiger partial charge in [-0.25, -0.2) is 0 Å². The molecule has 1 aliphatic carbocycles. The van der Waals surface area contributed by atoms with E-state index < -0.39 is 0 Å². The maximum atomic E-state index is 5.33. The monoisotopic (exact) mass is 313 g/mol. The Morgan fingerprint density at radius 1 is 1.28 bits per heavy atom. The quantitative estimate of drug-likeness (QED) is 0.873. The molecule has 2 rings (SSSR count). The van der Waals surface area contributed by atoms with Crippen LogP contribution in [0, 0.1) is 5.92 Å². The fourth-order valence-electron chi connectivity index (χ4n) is 2.19. The van der Waals surface area contributed by atoms with Crippen LogP contribution >= 0.6 is 15.9 Å². The van der Waals surface area contributed by atoms with Gasteiger partial charge < -0.3 is 14.8 Å². The van der Waals surface area contributed by atoms with Crippen molar-refractivity contribution in [3.8, 4) is 11.5 Å². The van der Waals surface area contributed by atoms with Crippen molar-refractivity contribution in [2.75, 3.05) is 20.8 Å². The standard InChI is InChI=1S/C14H20BrNO2/c1-17-13-7-11(6-12(15)14(13)18-2)9-16-8-10-4-3-5-10/h6-7,10,16H,3-5,8-9H2,1-2H3. The number of ether oxygens (including phenoxy) is 2. The van der Waals surface area contributed by atoms with E-state index in [9.17, 15) is 0 Å². The molecular weight excluding hydrogens is 294 g/mol. The molecule has 0 aliphatic heterocycles. The van der Waals surface area contributed by atoms with Crippen LogP contribution in [0.3, 0.4) is 0 Å². The van der Waals surface area contributed by atoms with Crippen molar-refractivity contribution in [2.24, 2.45) is 5.92 Å². The second kappa shape index (κ2) is 6.43. The predicted octanol–water partition coefficient (Wildman–Crippen LogP) is 3.36. The molecule has 1 aliphatic rings. The normalized spacial score (nSPS) is 15.3. The highest BCUT2D eigenvalue weighted by Crippen LogP contribution is 2.36. The molecule has 100 valence electrons. The number of benzene rings is 1. The molecule has 0 heterocycles. The zero-order valence-corrected chi connectivity index (χ0v) is 12.5. The summed E-state index contributed by atoms with van der Waals surface area (Å²) in [6, 6.07) is 4.10. The highest BCUT2D eigenvalue weighted by molar-refractivity contribution is 9.10. The summed E-state index contributed by atoms with van der Waals surface area (Å²) in [7, 11) is 3.31. The van der Waals surface area contributed by atoms with Crippen LogP contribution in [0.25, 0.3) is 0 Å². The van der Waals surface area contributed by atoms with Crippen LogP contribution in [0.4, 0.5) is 0 Å². The van der Waals surface area contributed by atoms with Crippen molar-refractivity contribution >= 4 is 15.9 Å². The number of hydrogen-bond acceptors (Lipinski definition) is 3. The van der Waals surface area contributed by atoms with Gasteiger partial charge in [0.1, 0.15) is 0 Å². The number of halogens is 1. The first-order chi connectivity index (χ1) is 8.74. The molecule has 0 bridgehead atoms. The maximum Gasteiger partial charge on any atom is 0.174 e. The van der Waals surface area contributed by atoms with Gasteiger partial charge in [0, 0.05) is 6.54 Å². The van der Waals surface area contributed by atoms with Crippen LogP contribution < -0.4 is 14.8 Å². The average Bonchev–Trinajstić information content (AvgIpc) is 2.31. The molecular formula is C14H20BrNO2. The summed E-state index contributed by atoms with van der Waals surface area (Å²) in [4.78, 5) is 0. The van der Waals surface area contributed by atoms with Gasteiger partial charge in [-0.3, -0.25) is 0 Å².